The van der Waals surface area contributed by atoms with E-state index in [1.54, 1.807) is 0 Å². The van der Waals surface area contributed by atoms with Crippen molar-refractivity contribution in [2.75, 3.05) is 32.8 Å². The van der Waals surface area contributed by atoms with Crippen LogP contribution in [0.1, 0.15) is 20.3 Å². The minimum Gasteiger partial charge on any atom is -0.377 e. The van der Waals surface area contributed by atoms with Crippen LogP contribution in [-0.2, 0) is 9.53 Å². The first-order valence-electron chi connectivity index (χ1n) is 5.37. The maximum absolute atomic E-state index is 11.7. The fourth-order valence-corrected chi connectivity index (χ4v) is 1.65. The number of carbonyl (C=O) groups excluding carboxylic acids is 1. The van der Waals surface area contributed by atoms with Gasteiger partial charge in [0.1, 0.15) is 0 Å². The zero-order valence-electron chi connectivity index (χ0n) is 9.08. The Morgan fingerprint density at radius 1 is 1.57 bits per heavy atom. The quantitative estimate of drug-likeness (QED) is 0.706. The van der Waals surface area contributed by atoms with Gasteiger partial charge < -0.3 is 15.0 Å². The number of morpholine rings is 1. The Morgan fingerprint density at radius 3 is 3.00 bits per heavy atom. The summed E-state index contributed by atoms with van der Waals surface area (Å²) in [4.78, 5) is 13.7. The summed E-state index contributed by atoms with van der Waals surface area (Å²) in [5.41, 5.74) is 0. The van der Waals surface area contributed by atoms with Gasteiger partial charge in [-0.15, -0.1) is 0 Å². The molecule has 0 saturated carbocycles. The van der Waals surface area contributed by atoms with Gasteiger partial charge >= 0.3 is 0 Å². The minimum absolute atomic E-state index is 0.196. The normalized spacial score (nSPS) is 22.4. The Morgan fingerprint density at radius 2 is 2.36 bits per heavy atom. The third-order valence-electron chi connectivity index (χ3n) is 2.55. The highest BCUT2D eigenvalue weighted by Crippen LogP contribution is 2.09. The Hall–Kier alpha value is -0.610. The Bertz CT molecular complexity index is 185. The maximum atomic E-state index is 11.7. The molecule has 4 heteroatoms. The molecule has 0 spiro atoms. The highest BCUT2D eigenvalue weighted by Gasteiger charge is 2.24. The van der Waals surface area contributed by atoms with E-state index in [0.29, 0.717) is 19.8 Å². The molecule has 1 unspecified atom stereocenters. The van der Waals surface area contributed by atoms with Crippen molar-refractivity contribution in [3.05, 3.63) is 0 Å². The van der Waals surface area contributed by atoms with Crippen molar-refractivity contribution in [2.24, 2.45) is 0 Å². The molecule has 1 heterocycles. The molecule has 1 rings (SSSR count). The molecule has 1 N–H and O–H groups in total. The molecule has 1 aliphatic heterocycles. The van der Waals surface area contributed by atoms with Gasteiger partial charge in [-0.1, -0.05) is 13.8 Å². The average Bonchev–Trinajstić information content (AvgIpc) is 2.25. The topological polar surface area (TPSA) is 41.6 Å². The van der Waals surface area contributed by atoms with Gasteiger partial charge in [-0.05, 0) is 13.0 Å². The van der Waals surface area contributed by atoms with Gasteiger partial charge in [0.2, 0.25) is 5.91 Å². The number of nitrogens with zero attached hydrogens (tertiary/aromatic N) is 1. The van der Waals surface area contributed by atoms with E-state index in [9.17, 15) is 4.79 Å². The van der Waals surface area contributed by atoms with E-state index in [1.807, 2.05) is 11.8 Å². The van der Waals surface area contributed by atoms with Gasteiger partial charge in [0, 0.05) is 6.54 Å². The van der Waals surface area contributed by atoms with Crippen LogP contribution >= 0.6 is 0 Å². The van der Waals surface area contributed by atoms with Gasteiger partial charge in [-0.3, -0.25) is 4.79 Å². The Kier molecular flexibility index (Phi) is 4.90. The second-order valence-corrected chi connectivity index (χ2v) is 3.50. The molecular weight excluding hydrogens is 180 g/mol. The lowest BCUT2D eigenvalue weighted by atomic mass is 10.2. The van der Waals surface area contributed by atoms with Crippen molar-refractivity contribution in [3.63, 3.8) is 0 Å². The van der Waals surface area contributed by atoms with Crippen molar-refractivity contribution in [2.45, 2.75) is 26.3 Å². The summed E-state index contributed by atoms with van der Waals surface area (Å²) in [6.07, 6.45) is 0.970. The molecule has 0 aromatic rings. The third-order valence-corrected chi connectivity index (χ3v) is 2.55. The molecule has 1 fully saturated rings. The van der Waals surface area contributed by atoms with Crippen LogP contribution in [0.25, 0.3) is 0 Å². The lowest BCUT2D eigenvalue weighted by molar-refractivity contribution is -0.138. The average molecular weight is 200 g/mol. The van der Waals surface area contributed by atoms with Gasteiger partial charge in [-0.25, -0.2) is 0 Å². The van der Waals surface area contributed by atoms with Crippen LogP contribution in [0.15, 0.2) is 0 Å². The Labute approximate surface area is 85.6 Å². The first-order chi connectivity index (χ1) is 6.79. The van der Waals surface area contributed by atoms with Crippen molar-refractivity contribution in [3.8, 4) is 0 Å². The number of likely N-dealkylation sites (N-methyl/N-ethyl adjacent to an activating group) is 1. The van der Waals surface area contributed by atoms with Crippen molar-refractivity contribution < 1.29 is 9.53 Å². The van der Waals surface area contributed by atoms with Crippen LogP contribution in [-0.4, -0.2) is 49.7 Å². The second kappa shape index (κ2) is 5.98. The number of nitrogens with one attached hydrogen (secondary N) is 1. The first kappa shape index (κ1) is 11.5. The summed E-state index contributed by atoms with van der Waals surface area (Å²) in [5, 5.41) is 3.06. The van der Waals surface area contributed by atoms with E-state index in [2.05, 4.69) is 12.2 Å². The van der Waals surface area contributed by atoms with E-state index >= 15 is 0 Å². The molecule has 0 aliphatic carbocycles. The van der Waals surface area contributed by atoms with Crippen LogP contribution in [0.5, 0.6) is 0 Å². The maximum Gasteiger partial charge on any atom is 0.236 e. The van der Waals surface area contributed by atoms with Gasteiger partial charge in [0.15, 0.2) is 0 Å². The number of hydrogen-bond donors (Lipinski definition) is 1. The smallest absolute Gasteiger partial charge is 0.236 e. The summed E-state index contributed by atoms with van der Waals surface area (Å²) in [5.74, 6) is 0.196. The number of carbonyl (C=O) groups is 1. The third kappa shape index (κ3) is 2.96. The standard InChI is InChI=1S/C10H20N2O2/c1-3-9-8-14-6-5-12(9)10(13)7-11-4-2/h9,11H,3-8H2,1-2H3. The molecule has 1 atom stereocenters. The number of hydrogen-bond acceptors (Lipinski definition) is 3. The molecule has 1 saturated heterocycles. The lowest BCUT2D eigenvalue weighted by Crippen LogP contribution is -2.51. The minimum atomic E-state index is 0.196. The molecule has 0 aromatic heterocycles. The molecule has 82 valence electrons. The molecular formula is C10H20N2O2. The van der Waals surface area contributed by atoms with E-state index in [4.69, 9.17) is 4.74 Å². The fraction of sp³-hybridized carbons (Fsp3) is 0.900. The van der Waals surface area contributed by atoms with E-state index < -0.39 is 0 Å². The Balaban J connectivity index is 2.41. The lowest BCUT2D eigenvalue weighted by Gasteiger charge is -2.35. The van der Waals surface area contributed by atoms with E-state index in [0.717, 1.165) is 19.5 Å². The summed E-state index contributed by atoms with van der Waals surface area (Å²) in [6, 6.07) is 0.273. The molecule has 1 aliphatic rings. The van der Waals surface area contributed by atoms with E-state index in [-0.39, 0.29) is 11.9 Å². The second-order valence-electron chi connectivity index (χ2n) is 3.50. The van der Waals surface area contributed by atoms with Crippen LogP contribution < -0.4 is 5.32 Å². The molecule has 1 amide bonds. The highest BCUT2D eigenvalue weighted by molar-refractivity contribution is 5.78. The highest BCUT2D eigenvalue weighted by atomic mass is 16.5. The van der Waals surface area contributed by atoms with Crippen molar-refractivity contribution in [1.29, 1.82) is 0 Å². The largest absolute Gasteiger partial charge is 0.377 e. The molecule has 4 nitrogen and oxygen atoms in total. The van der Waals surface area contributed by atoms with Crippen LogP contribution in [0.2, 0.25) is 0 Å². The van der Waals surface area contributed by atoms with Crippen LogP contribution in [0, 0.1) is 0 Å². The first-order valence-corrected chi connectivity index (χ1v) is 5.37. The predicted molar refractivity (Wildman–Crippen MR) is 55.2 cm³/mol. The van der Waals surface area contributed by atoms with Crippen LogP contribution in [0.4, 0.5) is 0 Å². The predicted octanol–water partition coefficient (Wildman–Crippen LogP) is 0.233. The molecule has 0 radical (unpaired) electrons. The number of amides is 1. The zero-order chi connectivity index (χ0) is 10.4. The number of ether oxygens (including phenoxy) is 1. The van der Waals surface area contributed by atoms with Crippen LogP contribution in [0.3, 0.4) is 0 Å². The SMILES string of the molecule is CCNCC(=O)N1CCOCC1CC. The summed E-state index contributed by atoms with van der Waals surface area (Å²) < 4.78 is 5.34. The van der Waals surface area contributed by atoms with Crippen molar-refractivity contribution >= 4 is 5.91 Å². The fourth-order valence-electron chi connectivity index (χ4n) is 1.65. The molecule has 0 aromatic carbocycles. The van der Waals surface area contributed by atoms with E-state index in [1.165, 1.54) is 0 Å². The van der Waals surface area contributed by atoms with Gasteiger partial charge in [-0.2, -0.15) is 0 Å². The summed E-state index contributed by atoms with van der Waals surface area (Å²) in [7, 11) is 0. The summed E-state index contributed by atoms with van der Waals surface area (Å²) in [6.45, 7) is 7.49. The zero-order valence-corrected chi connectivity index (χ0v) is 9.08. The molecule has 0 bridgehead atoms. The van der Waals surface area contributed by atoms with Gasteiger partial charge in [0.25, 0.3) is 0 Å². The van der Waals surface area contributed by atoms with Gasteiger partial charge in [0.05, 0.1) is 25.8 Å². The summed E-state index contributed by atoms with van der Waals surface area (Å²) >= 11 is 0. The van der Waals surface area contributed by atoms with Crippen molar-refractivity contribution in [1.82, 2.24) is 10.2 Å². The molecule has 14 heavy (non-hydrogen) atoms. The number of rotatable bonds is 4. The monoisotopic (exact) mass is 200 g/mol.